The zero-order valence-electron chi connectivity index (χ0n) is 16.1. The fraction of sp³-hybridized carbons (Fsp3) is 0.722. The van der Waals surface area contributed by atoms with Crippen molar-refractivity contribution in [3.63, 3.8) is 0 Å². The molecule has 2 rings (SSSR count). The van der Waals surface area contributed by atoms with Crippen LogP contribution in [0.2, 0.25) is 5.02 Å². The van der Waals surface area contributed by atoms with Gasteiger partial charge in [-0.3, -0.25) is 9.48 Å². The van der Waals surface area contributed by atoms with Crippen molar-refractivity contribution >= 4 is 23.7 Å². The van der Waals surface area contributed by atoms with Gasteiger partial charge in [-0.15, -0.1) is 0 Å². The van der Waals surface area contributed by atoms with Crippen LogP contribution in [0.1, 0.15) is 52.4 Å². The molecule has 1 N–H and O–H groups in total. The number of hydrogen-bond acceptors (Lipinski definition) is 4. The van der Waals surface area contributed by atoms with Crippen molar-refractivity contribution in [2.75, 3.05) is 13.1 Å². The van der Waals surface area contributed by atoms with Gasteiger partial charge in [-0.05, 0) is 40.5 Å². The van der Waals surface area contributed by atoms with Crippen molar-refractivity contribution in [1.82, 2.24) is 14.7 Å². The number of nitrogens with zero attached hydrogens (tertiary/aromatic N) is 3. The van der Waals surface area contributed by atoms with E-state index in [1.807, 2.05) is 13.8 Å². The Kier molecular flexibility index (Phi) is 5.90. The highest BCUT2D eigenvalue weighted by Gasteiger charge is 2.48. The van der Waals surface area contributed by atoms with Crippen LogP contribution < -0.4 is 0 Å². The van der Waals surface area contributed by atoms with E-state index in [-0.39, 0.29) is 13.0 Å². The molecule has 1 aliphatic rings. The molecule has 0 spiro atoms. The van der Waals surface area contributed by atoms with E-state index >= 15 is 0 Å². The highest BCUT2D eigenvalue weighted by atomic mass is 35.5. The van der Waals surface area contributed by atoms with Crippen LogP contribution in [0, 0.1) is 5.41 Å². The van der Waals surface area contributed by atoms with E-state index in [1.165, 1.54) is 4.90 Å². The molecule has 7 nitrogen and oxygen atoms in total. The number of carbonyl (C=O) groups is 2. The number of carboxylic acids is 1. The number of carbonyl (C=O) groups excluding carboxylic acids is 1. The number of rotatable bonds is 5. The van der Waals surface area contributed by atoms with Gasteiger partial charge in [-0.2, -0.15) is 5.10 Å². The van der Waals surface area contributed by atoms with Gasteiger partial charge in [-0.1, -0.05) is 18.5 Å². The lowest BCUT2D eigenvalue weighted by Crippen LogP contribution is -2.41. The molecular formula is C18H28ClN3O4. The second-order valence-corrected chi connectivity index (χ2v) is 8.17. The van der Waals surface area contributed by atoms with Crippen molar-refractivity contribution in [3.05, 3.63) is 16.4 Å². The molecule has 1 unspecified atom stereocenters. The molecule has 1 atom stereocenters. The van der Waals surface area contributed by atoms with Gasteiger partial charge >= 0.3 is 12.1 Å². The third-order valence-electron chi connectivity index (χ3n) is 4.66. The van der Waals surface area contributed by atoms with Crippen LogP contribution in [-0.2, 0) is 28.9 Å². The molecule has 146 valence electrons. The molecule has 0 aliphatic carbocycles. The Morgan fingerprint density at radius 1 is 1.35 bits per heavy atom. The third-order valence-corrected chi connectivity index (χ3v) is 5.10. The van der Waals surface area contributed by atoms with Crippen LogP contribution in [0.15, 0.2) is 0 Å². The molecule has 8 heteroatoms. The van der Waals surface area contributed by atoms with Crippen LogP contribution in [0.5, 0.6) is 0 Å². The summed E-state index contributed by atoms with van der Waals surface area (Å²) >= 11 is 6.46. The van der Waals surface area contributed by atoms with E-state index < -0.39 is 23.1 Å². The molecule has 1 saturated heterocycles. The van der Waals surface area contributed by atoms with Crippen molar-refractivity contribution in [2.45, 2.75) is 66.0 Å². The van der Waals surface area contributed by atoms with E-state index in [1.54, 1.807) is 25.5 Å². The Hall–Kier alpha value is -1.76. The van der Waals surface area contributed by atoms with Gasteiger partial charge in [0, 0.05) is 26.1 Å². The minimum atomic E-state index is -1.08. The Morgan fingerprint density at radius 3 is 2.50 bits per heavy atom. The first kappa shape index (κ1) is 20.6. The summed E-state index contributed by atoms with van der Waals surface area (Å²) in [5, 5.41) is 14.9. The summed E-state index contributed by atoms with van der Waals surface area (Å²) in [6, 6.07) is 0. The van der Waals surface area contributed by atoms with Gasteiger partial charge in [0.2, 0.25) is 0 Å². The number of amides is 1. The molecule has 26 heavy (non-hydrogen) atoms. The molecule has 1 aromatic rings. The number of aromatic nitrogens is 2. The number of carboxylic acid groups (broad SMARTS) is 1. The van der Waals surface area contributed by atoms with Gasteiger partial charge in [-0.25, -0.2) is 4.79 Å². The van der Waals surface area contributed by atoms with Crippen molar-refractivity contribution in [1.29, 1.82) is 0 Å². The van der Waals surface area contributed by atoms with Crippen molar-refractivity contribution < 1.29 is 19.4 Å². The average molecular weight is 386 g/mol. The van der Waals surface area contributed by atoms with Crippen LogP contribution in [0.25, 0.3) is 0 Å². The van der Waals surface area contributed by atoms with Gasteiger partial charge < -0.3 is 14.7 Å². The van der Waals surface area contributed by atoms with Gasteiger partial charge in [0.15, 0.2) is 0 Å². The maximum absolute atomic E-state index is 12.3. The minimum absolute atomic E-state index is 0.101. The van der Waals surface area contributed by atoms with Gasteiger partial charge in [0.25, 0.3) is 0 Å². The quantitative estimate of drug-likeness (QED) is 0.839. The maximum atomic E-state index is 12.3. The molecule has 0 radical (unpaired) electrons. The van der Waals surface area contributed by atoms with Crippen LogP contribution in [0.3, 0.4) is 0 Å². The smallest absolute Gasteiger partial charge is 0.410 e. The number of likely N-dealkylation sites (tertiary alicyclic amines) is 1. The maximum Gasteiger partial charge on any atom is 0.410 e. The van der Waals surface area contributed by atoms with Gasteiger partial charge in [0.1, 0.15) is 5.60 Å². The zero-order chi connectivity index (χ0) is 19.7. The van der Waals surface area contributed by atoms with Crippen molar-refractivity contribution in [3.8, 4) is 0 Å². The first-order chi connectivity index (χ1) is 12.0. The largest absolute Gasteiger partial charge is 0.481 e. The predicted octanol–water partition coefficient (Wildman–Crippen LogP) is 3.37. The minimum Gasteiger partial charge on any atom is -0.481 e. The first-order valence-electron chi connectivity index (χ1n) is 8.98. The lowest BCUT2D eigenvalue weighted by Gasteiger charge is -2.27. The Labute approximate surface area is 159 Å². The van der Waals surface area contributed by atoms with E-state index in [4.69, 9.17) is 16.3 Å². The number of hydrogen-bond donors (Lipinski definition) is 1. The Balaban J connectivity index is 2.27. The SMILES string of the molecule is CCc1nn(CC)c(CC2(C(=O)O)CCN(C(=O)OC(C)(C)C)C2)c1Cl. The molecule has 0 bridgehead atoms. The fourth-order valence-electron chi connectivity index (χ4n) is 3.26. The Bertz CT molecular complexity index is 695. The lowest BCUT2D eigenvalue weighted by atomic mass is 9.82. The number of aryl methyl sites for hydroxylation is 2. The predicted molar refractivity (Wildman–Crippen MR) is 98.5 cm³/mol. The number of aliphatic carboxylic acids is 1. The third kappa shape index (κ3) is 4.14. The molecule has 1 aliphatic heterocycles. The van der Waals surface area contributed by atoms with Crippen LogP contribution >= 0.6 is 11.6 Å². The summed E-state index contributed by atoms with van der Waals surface area (Å²) in [6.45, 7) is 10.3. The molecular weight excluding hydrogens is 358 g/mol. The summed E-state index contributed by atoms with van der Waals surface area (Å²) in [5.41, 5.74) is -0.213. The van der Waals surface area contributed by atoms with E-state index in [0.29, 0.717) is 31.0 Å². The fourth-order valence-corrected chi connectivity index (χ4v) is 3.59. The topological polar surface area (TPSA) is 84.7 Å². The molecule has 1 amide bonds. The summed E-state index contributed by atoms with van der Waals surface area (Å²) in [7, 11) is 0. The number of halogens is 1. The Morgan fingerprint density at radius 2 is 2.00 bits per heavy atom. The molecule has 1 fully saturated rings. The lowest BCUT2D eigenvalue weighted by molar-refractivity contribution is -0.148. The number of ether oxygens (including phenoxy) is 1. The molecule has 1 aromatic heterocycles. The van der Waals surface area contributed by atoms with E-state index in [2.05, 4.69) is 5.10 Å². The summed E-state index contributed by atoms with van der Waals surface area (Å²) in [5.74, 6) is -0.929. The van der Waals surface area contributed by atoms with Crippen LogP contribution in [0.4, 0.5) is 4.79 Å². The second kappa shape index (κ2) is 7.47. The highest BCUT2D eigenvalue weighted by Crippen LogP contribution is 2.38. The van der Waals surface area contributed by atoms with E-state index in [9.17, 15) is 14.7 Å². The average Bonchev–Trinajstić information content (AvgIpc) is 3.10. The second-order valence-electron chi connectivity index (χ2n) is 7.79. The zero-order valence-corrected chi connectivity index (χ0v) is 16.9. The molecule has 0 saturated carbocycles. The molecule has 0 aromatic carbocycles. The summed E-state index contributed by atoms with van der Waals surface area (Å²) in [6.07, 6.45) is 0.795. The summed E-state index contributed by atoms with van der Waals surface area (Å²) in [4.78, 5) is 25.9. The van der Waals surface area contributed by atoms with Crippen molar-refractivity contribution in [2.24, 2.45) is 5.41 Å². The normalized spacial score (nSPS) is 20.5. The highest BCUT2D eigenvalue weighted by molar-refractivity contribution is 6.31. The van der Waals surface area contributed by atoms with Gasteiger partial charge in [0.05, 0.1) is 21.8 Å². The van der Waals surface area contributed by atoms with Crippen LogP contribution in [-0.4, -0.2) is 50.5 Å². The summed E-state index contributed by atoms with van der Waals surface area (Å²) < 4.78 is 7.15. The monoisotopic (exact) mass is 385 g/mol. The standard InChI is InChI=1S/C18H28ClN3O4/c1-6-12-14(19)13(22(7-2)20-12)10-18(15(23)24)8-9-21(11-18)16(25)26-17(3,4)5/h6-11H2,1-5H3,(H,23,24). The first-order valence-corrected chi connectivity index (χ1v) is 9.36. The van der Waals surface area contributed by atoms with E-state index in [0.717, 1.165) is 11.4 Å². The molecule has 2 heterocycles.